The highest BCUT2D eigenvalue weighted by Crippen LogP contribution is 2.16. The van der Waals surface area contributed by atoms with Gasteiger partial charge in [-0.25, -0.2) is 8.42 Å². The lowest BCUT2D eigenvalue weighted by atomic mass is 10.1. The van der Waals surface area contributed by atoms with Crippen LogP contribution in [0.15, 0.2) is 0 Å². The molecule has 1 heterocycles. The zero-order valence-electron chi connectivity index (χ0n) is 7.32. The van der Waals surface area contributed by atoms with Crippen LogP contribution in [0.3, 0.4) is 0 Å². The standard InChI is InChI=1S/C7H11NO4S/c1-2-13(11,12)8-6(9)4-3-5-7(8)10/h2-5H2,1H3. The maximum atomic E-state index is 11.3. The van der Waals surface area contributed by atoms with E-state index in [1.165, 1.54) is 6.92 Å². The van der Waals surface area contributed by atoms with Gasteiger partial charge in [-0.1, -0.05) is 0 Å². The van der Waals surface area contributed by atoms with Crippen molar-refractivity contribution >= 4 is 21.8 Å². The zero-order chi connectivity index (χ0) is 10.1. The lowest BCUT2D eigenvalue weighted by Gasteiger charge is -2.23. The maximum absolute atomic E-state index is 11.3. The van der Waals surface area contributed by atoms with Crippen LogP contribution in [-0.2, 0) is 19.6 Å². The Morgan fingerprint density at radius 2 is 1.69 bits per heavy atom. The third-order valence-electron chi connectivity index (χ3n) is 1.88. The van der Waals surface area contributed by atoms with Crippen molar-refractivity contribution in [2.45, 2.75) is 26.2 Å². The summed E-state index contributed by atoms with van der Waals surface area (Å²) in [5.41, 5.74) is 0. The van der Waals surface area contributed by atoms with E-state index in [2.05, 4.69) is 0 Å². The first-order valence-electron chi connectivity index (χ1n) is 4.07. The lowest BCUT2D eigenvalue weighted by molar-refractivity contribution is -0.141. The van der Waals surface area contributed by atoms with Crippen LogP contribution in [0.25, 0.3) is 0 Å². The van der Waals surface area contributed by atoms with E-state index in [1.807, 2.05) is 0 Å². The summed E-state index contributed by atoms with van der Waals surface area (Å²) in [7, 11) is -3.69. The van der Waals surface area contributed by atoms with Crippen molar-refractivity contribution in [1.29, 1.82) is 0 Å². The second-order valence-corrected chi connectivity index (χ2v) is 4.91. The highest BCUT2D eigenvalue weighted by Gasteiger charge is 2.34. The number of imide groups is 1. The Labute approximate surface area is 76.8 Å². The minimum atomic E-state index is -3.69. The average molecular weight is 205 g/mol. The van der Waals surface area contributed by atoms with Gasteiger partial charge < -0.3 is 0 Å². The molecule has 0 aromatic carbocycles. The first-order chi connectivity index (χ1) is 5.99. The molecule has 0 radical (unpaired) electrons. The van der Waals surface area contributed by atoms with Crippen LogP contribution < -0.4 is 0 Å². The fourth-order valence-electron chi connectivity index (χ4n) is 1.17. The SMILES string of the molecule is CCS(=O)(=O)N1C(=O)CCCC1=O. The van der Waals surface area contributed by atoms with Crippen molar-refractivity contribution in [3.05, 3.63) is 0 Å². The molecule has 2 amide bonds. The average Bonchev–Trinajstić information content (AvgIpc) is 2.03. The monoisotopic (exact) mass is 205 g/mol. The van der Waals surface area contributed by atoms with Crippen LogP contribution in [0.4, 0.5) is 0 Å². The van der Waals surface area contributed by atoms with Gasteiger partial charge in [0.25, 0.3) is 0 Å². The Hall–Kier alpha value is -0.910. The Balaban J connectivity index is 3.00. The van der Waals surface area contributed by atoms with Crippen LogP contribution in [0.2, 0.25) is 0 Å². The summed E-state index contributed by atoms with van der Waals surface area (Å²) in [4.78, 5) is 22.3. The molecule has 5 nitrogen and oxygen atoms in total. The number of hydrogen-bond acceptors (Lipinski definition) is 4. The molecule has 0 aromatic heterocycles. The van der Waals surface area contributed by atoms with Gasteiger partial charge in [-0.3, -0.25) is 9.59 Å². The number of sulfonamides is 1. The molecule has 0 N–H and O–H groups in total. The normalized spacial score (nSPS) is 19.3. The van der Waals surface area contributed by atoms with Crippen molar-refractivity contribution in [2.75, 3.05) is 5.75 Å². The largest absolute Gasteiger partial charge is 0.273 e. The van der Waals surface area contributed by atoms with Crippen LogP contribution in [0.1, 0.15) is 26.2 Å². The minimum Gasteiger partial charge on any atom is -0.273 e. The molecule has 1 fully saturated rings. The van der Waals surface area contributed by atoms with E-state index in [9.17, 15) is 18.0 Å². The third-order valence-corrected chi connectivity index (χ3v) is 3.57. The molecule has 1 aliphatic rings. The molecule has 1 saturated heterocycles. The molecule has 0 saturated carbocycles. The van der Waals surface area contributed by atoms with Crippen molar-refractivity contribution in [1.82, 2.24) is 4.31 Å². The number of piperidine rings is 1. The summed E-state index contributed by atoms with van der Waals surface area (Å²) in [5.74, 6) is -1.42. The van der Waals surface area contributed by atoms with E-state index in [-0.39, 0.29) is 18.6 Å². The molecule has 13 heavy (non-hydrogen) atoms. The van der Waals surface area contributed by atoms with Crippen molar-refractivity contribution in [3.63, 3.8) is 0 Å². The van der Waals surface area contributed by atoms with Gasteiger partial charge in [0, 0.05) is 12.8 Å². The molecule has 0 atom stereocenters. The highest BCUT2D eigenvalue weighted by atomic mass is 32.2. The summed E-state index contributed by atoms with van der Waals surface area (Å²) in [6.45, 7) is 1.41. The molecule has 0 spiro atoms. The molecule has 74 valence electrons. The van der Waals surface area contributed by atoms with Gasteiger partial charge in [-0.05, 0) is 13.3 Å². The molecule has 0 aromatic rings. The number of hydrogen-bond donors (Lipinski definition) is 0. The van der Waals surface area contributed by atoms with Crippen LogP contribution in [-0.4, -0.2) is 30.3 Å². The molecule has 1 aliphatic heterocycles. The van der Waals surface area contributed by atoms with E-state index in [4.69, 9.17) is 0 Å². The van der Waals surface area contributed by atoms with E-state index in [1.54, 1.807) is 0 Å². The van der Waals surface area contributed by atoms with Crippen LogP contribution >= 0.6 is 0 Å². The van der Waals surface area contributed by atoms with Crippen molar-refractivity contribution in [3.8, 4) is 0 Å². The third kappa shape index (κ3) is 1.88. The summed E-state index contributed by atoms with van der Waals surface area (Å²) in [6, 6.07) is 0. The summed E-state index contributed by atoms with van der Waals surface area (Å²) >= 11 is 0. The summed E-state index contributed by atoms with van der Waals surface area (Å²) in [6.07, 6.45) is 0.739. The Bertz CT molecular complexity index is 316. The Morgan fingerprint density at radius 1 is 1.23 bits per heavy atom. The van der Waals surface area contributed by atoms with Gasteiger partial charge in [0.1, 0.15) is 0 Å². The second-order valence-electron chi connectivity index (χ2n) is 2.81. The van der Waals surface area contributed by atoms with E-state index < -0.39 is 21.8 Å². The quantitative estimate of drug-likeness (QED) is 0.589. The fourth-order valence-corrected chi connectivity index (χ4v) is 2.23. The number of carbonyl (C=O) groups is 2. The molecule has 1 rings (SSSR count). The second kappa shape index (κ2) is 3.45. The van der Waals surface area contributed by atoms with E-state index >= 15 is 0 Å². The number of amides is 2. The van der Waals surface area contributed by atoms with Gasteiger partial charge in [0.05, 0.1) is 5.75 Å². The number of carbonyl (C=O) groups excluding carboxylic acids is 2. The fraction of sp³-hybridized carbons (Fsp3) is 0.714. The molecule has 0 aliphatic carbocycles. The molecule has 0 unspecified atom stereocenters. The summed E-state index contributed by atoms with van der Waals surface area (Å²) in [5, 5.41) is 0. The first-order valence-corrected chi connectivity index (χ1v) is 5.68. The van der Waals surface area contributed by atoms with Crippen molar-refractivity contribution < 1.29 is 18.0 Å². The van der Waals surface area contributed by atoms with E-state index in [0.29, 0.717) is 10.7 Å². The van der Waals surface area contributed by atoms with E-state index in [0.717, 1.165) is 0 Å². The minimum absolute atomic E-state index is 0.144. The predicted octanol–water partition coefficient (Wildman–Crippen LogP) is -0.125. The Kier molecular flexibility index (Phi) is 2.70. The zero-order valence-corrected chi connectivity index (χ0v) is 8.13. The maximum Gasteiger partial charge on any atom is 0.243 e. The molecular formula is C7H11NO4S. The molecular weight excluding hydrogens is 194 g/mol. The number of nitrogens with zero attached hydrogens (tertiary/aromatic N) is 1. The van der Waals surface area contributed by atoms with Crippen LogP contribution in [0.5, 0.6) is 0 Å². The van der Waals surface area contributed by atoms with Gasteiger partial charge in [0.2, 0.25) is 21.8 Å². The highest BCUT2D eigenvalue weighted by molar-refractivity contribution is 7.90. The van der Waals surface area contributed by atoms with Gasteiger partial charge in [0.15, 0.2) is 0 Å². The predicted molar refractivity (Wildman–Crippen MR) is 45.2 cm³/mol. The topological polar surface area (TPSA) is 71.5 Å². The smallest absolute Gasteiger partial charge is 0.243 e. The Morgan fingerprint density at radius 3 is 2.08 bits per heavy atom. The molecule has 6 heteroatoms. The van der Waals surface area contributed by atoms with Gasteiger partial charge in [-0.2, -0.15) is 4.31 Å². The van der Waals surface area contributed by atoms with Gasteiger partial charge >= 0.3 is 0 Å². The van der Waals surface area contributed by atoms with Gasteiger partial charge in [-0.15, -0.1) is 0 Å². The lowest BCUT2D eigenvalue weighted by Crippen LogP contribution is -2.44. The van der Waals surface area contributed by atoms with Crippen molar-refractivity contribution in [2.24, 2.45) is 0 Å². The number of rotatable bonds is 2. The first kappa shape index (κ1) is 10.2. The van der Waals surface area contributed by atoms with Crippen LogP contribution in [0, 0.1) is 0 Å². The molecule has 0 bridgehead atoms. The summed E-state index contributed by atoms with van der Waals surface area (Å²) < 4.78 is 22.9.